The van der Waals surface area contributed by atoms with Crippen LogP contribution in [0, 0.1) is 11.2 Å². The smallest absolute Gasteiger partial charge is 0.224 e. The van der Waals surface area contributed by atoms with Crippen molar-refractivity contribution in [3.05, 3.63) is 35.6 Å². The van der Waals surface area contributed by atoms with Crippen molar-refractivity contribution in [3.8, 4) is 0 Å². The molecule has 26 heavy (non-hydrogen) atoms. The number of hydrogen-bond donors (Lipinski definition) is 2. The first kappa shape index (κ1) is 20.2. The van der Waals surface area contributed by atoms with Crippen LogP contribution in [0.5, 0.6) is 0 Å². The van der Waals surface area contributed by atoms with Gasteiger partial charge in [-0.3, -0.25) is 9.79 Å². The van der Waals surface area contributed by atoms with Gasteiger partial charge >= 0.3 is 0 Å². The van der Waals surface area contributed by atoms with Crippen LogP contribution in [0.1, 0.15) is 39.4 Å². The molecule has 7 heteroatoms. The third kappa shape index (κ3) is 5.17. The van der Waals surface area contributed by atoms with Crippen molar-refractivity contribution in [1.29, 1.82) is 0 Å². The molecule has 1 saturated heterocycles. The monoisotopic (exact) mass is 364 g/mol. The van der Waals surface area contributed by atoms with Crippen LogP contribution >= 0.6 is 0 Å². The SMILES string of the molecule is CCNC(=NCC(C)(C)C(N)=O)N1CC(C)OC(c2ccc(F)cc2)C1. The summed E-state index contributed by atoms with van der Waals surface area (Å²) in [6.07, 6.45) is -0.181. The zero-order valence-corrected chi connectivity index (χ0v) is 16.0. The second-order valence-electron chi connectivity index (χ2n) is 7.31. The molecule has 1 aliphatic rings. The van der Waals surface area contributed by atoms with Crippen LogP contribution in [0.4, 0.5) is 4.39 Å². The number of benzene rings is 1. The first-order valence-electron chi connectivity index (χ1n) is 8.97. The molecular formula is C19H29FN4O2. The van der Waals surface area contributed by atoms with Crippen LogP contribution in [0.2, 0.25) is 0 Å². The molecule has 2 atom stereocenters. The van der Waals surface area contributed by atoms with Crippen LogP contribution < -0.4 is 11.1 Å². The predicted molar refractivity (Wildman–Crippen MR) is 100 cm³/mol. The number of nitrogens with two attached hydrogens (primary N) is 1. The van der Waals surface area contributed by atoms with Gasteiger partial charge in [0.15, 0.2) is 5.96 Å². The Bertz CT molecular complexity index is 645. The lowest BCUT2D eigenvalue weighted by Gasteiger charge is -2.39. The molecule has 0 spiro atoms. The third-order valence-electron chi connectivity index (χ3n) is 4.43. The lowest BCUT2D eigenvalue weighted by molar-refractivity contribution is -0.125. The van der Waals surface area contributed by atoms with Crippen molar-refractivity contribution in [2.75, 3.05) is 26.2 Å². The van der Waals surface area contributed by atoms with Gasteiger partial charge in [0, 0.05) is 13.1 Å². The summed E-state index contributed by atoms with van der Waals surface area (Å²) in [6.45, 7) is 9.85. The Morgan fingerprint density at radius 3 is 2.62 bits per heavy atom. The van der Waals surface area contributed by atoms with E-state index in [1.54, 1.807) is 26.0 Å². The molecule has 0 saturated carbocycles. The number of halogens is 1. The number of nitrogens with zero attached hydrogens (tertiary/aromatic N) is 2. The predicted octanol–water partition coefficient (Wildman–Crippen LogP) is 2.06. The van der Waals surface area contributed by atoms with E-state index >= 15 is 0 Å². The van der Waals surface area contributed by atoms with E-state index in [1.807, 2.05) is 13.8 Å². The Balaban J connectivity index is 2.18. The van der Waals surface area contributed by atoms with Crippen LogP contribution in [0.25, 0.3) is 0 Å². The molecule has 3 N–H and O–H groups in total. The molecule has 2 rings (SSSR count). The summed E-state index contributed by atoms with van der Waals surface area (Å²) in [6, 6.07) is 6.38. The summed E-state index contributed by atoms with van der Waals surface area (Å²) >= 11 is 0. The zero-order valence-electron chi connectivity index (χ0n) is 16.0. The van der Waals surface area contributed by atoms with Gasteiger partial charge < -0.3 is 20.7 Å². The van der Waals surface area contributed by atoms with Gasteiger partial charge in [-0.1, -0.05) is 12.1 Å². The highest BCUT2D eigenvalue weighted by molar-refractivity contribution is 5.82. The van der Waals surface area contributed by atoms with Crippen molar-refractivity contribution >= 4 is 11.9 Å². The number of carbonyl (C=O) groups excluding carboxylic acids is 1. The molecular weight excluding hydrogens is 335 g/mol. The molecule has 1 fully saturated rings. The Morgan fingerprint density at radius 2 is 2.04 bits per heavy atom. The maximum absolute atomic E-state index is 13.2. The van der Waals surface area contributed by atoms with Crippen LogP contribution in [0.15, 0.2) is 29.3 Å². The normalized spacial score (nSPS) is 21.6. The van der Waals surface area contributed by atoms with E-state index in [0.717, 1.165) is 11.5 Å². The highest BCUT2D eigenvalue weighted by atomic mass is 19.1. The lowest BCUT2D eigenvalue weighted by Crippen LogP contribution is -2.51. The van der Waals surface area contributed by atoms with E-state index in [0.29, 0.717) is 26.2 Å². The van der Waals surface area contributed by atoms with Crippen LogP contribution in [-0.2, 0) is 9.53 Å². The van der Waals surface area contributed by atoms with E-state index < -0.39 is 5.41 Å². The summed E-state index contributed by atoms with van der Waals surface area (Å²) in [5, 5.41) is 3.27. The van der Waals surface area contributed by atoms with E-state index in [9.17, 15) is 9.18 Å². The van der Waals surface area contributed by atoms with Crippen LogP contribution in [-0.4, -0.2) is 49.0 Å². The molecule has 0 bridgehead atoms. The second-order valence-corrected chi connectivity index (χ2v) is 7.31. The lowest BCUT2D eigenvalue weighted by atomic mass is 9.93. The fourth-order valence-electron chi connectivity index (χ4n) is 2.76. The highest BCUT2D eigenvalue weighted by Gasteiger charge is 2.30. The highest BCUT2D eigenvalue weighted by Crippen LogP contribution is 2.25. The Kier molecular flexibility index (Phi) is 6.58. The number of hydrogen-bond acceptors (Lipinski definition) is 3. The van der Waals surface area contributed by atoms with Crippen molar-refractivity contribution in [2.45, 2.75) is 39.9 Å². The van der Waals surface area contributed by atoms with E-state index in [-0.39, 0.29) is 23.9 Å². The van der Waals surface area contributed by atoms with Gasteiger partial charge in [-0.05, 0) is 45.4 Å². The first-order chi connectivity index (χ1) is 12.2. The molecule has 1 heterocycles. The number of aliphatic imine (C=N–C) groups is 1. The zero-order chi connectivity index (χ0) is 19.3. The average molecular weight is 364 g/mol. The van der Waals surface area contributed by atoms with Crippen LogP contribution in [0.3, 0.4) is 0 Å². The molecule has 6 nitrogen and oxygen atoms in total. The number of nitrogens with one attached hydrogen (secondary N) is 1. The van der Waals surface area contributed by atoms with Gasteiger partial charge in [-0.15, -0.1) is 0 Å². The number of guanidine groups is 1. The summed E-state index contributed by atoms with van der Waals surface area (Å²) < 4.78 is 19.2. The molecule has 0 aliphatic carbocycles. The van der Waals surface area contributed by atoms with E-state index in [2.05, 4.69) is 15.2 Å². The number of primary amides is 1. The Morgan fingerprint density at radius 1 is 1.38 bits per heavy atom. The maximum atomic E-state index is 13.2. The molecule has 144 valence electrons. The summed E-state index contributed by atoms with van der Waals surface area (Å²) in [5.74, 6) is 0.0822. The summed E-state index contributed by atoms with van der Waals surface area (Å²) in [4.78, 5) is 18.3. The quantitative estimate of drug-likeness (QED) is 0.619. The average Bonchev–Trinajstić information content (AvgIpc) is 2.58. The van der Waals surface area contributed by atoms with Gasteiger partial charge in [0.1, 0.15) is 11.9 Å². The minimum atomic E-state index is -0.713. The molecule has 0 radical (unpaired) electrons. The number of morpholine rings is 1. The van der Waals surface area contributed by atoms with Crippen molar-refractivity contribution < 1.29 is 13.9 Å². The van der Waals surface area contributed by atoms with Crippen molar-refractivity contribution in [3.63, 3.8) is 0 Å². The second kappa shape index (κ2) is 8.49. The van der Waals surface area contributed by atoms with Gasteiger partial charge in [-0.2, -0.15) is 0 Å². The molecule has 1 aromatic rings. The van der Waals surface area contributed by atoms with Crippen molar-refractivity contribution in [2.24, 2.45) is 16.1 Å². The molecule has 2 unspecified atom stereocenters. The van der Waals surface area contributed by atoms with E-state index in [4.69, 9.17) is 10.5 Å². The van der Waals surface area contributed by atoms with Gasteiger partial charge in [0.2, 0.25) is 5.91 Å². The third-order valence-corrected chi connectivity index (χ3v) is 4.43. The van der Waals surface area contributed by atoms with Crippen molar-refractivity contribution in [1.82, 2.24) is 10.2 Å². The van der Waals surface area contributed by atoms with Gasteiger partial charge in [-0.25, -0.2) is 4.39 Å². The summed E-state index contributed by atoms with van der Waals surface area (Å²) in [7, 11) is 0. The molecule has 1 amide bonds. The number of ether oxygens (including phenoxy) is 1. The van der Waals surface area contributed by atoms with E-state index in [1.165, 1.54) is 12.1 Å². The molecule has 1 aliphatic heterocycles. The number of carbonyl (C=O) groups is 1. The van der Waals surface area contributed by atoms with Gasteiger partial charge in [0.05, 0.1) is 24.6 Å². The van der Waals surface area contributed by atoms with Gasteiger partial charge in [0.25, 0.3) is 0 Å². The Hall–Kier alpha value is -2.15. The minimum absolute atomic E-state index is 0.00758. The Labute approximate surface area is 154 Å². The largest absolute Gasteiger partial charge is 0.369 e. The summed E-state index contributed by atoms with van der Waals surface area (Å²) in [5.41, 5.74) is 5.66. The number of amides is 1. The topological polar surface area (TPSA) is 79.9 Å². The first-order valence-corrected chi connectivity index (χ1v) is 8.97. The standard InChI is InChI=1S/C19H29FN4O2/c1-5-22-18(23-12-19(3,4)17(21)25)24-10-13(2)26-16(11-24)14-6-8-15(20)9-7-14/h6-9,13,16H,5,10-12H2,1-4H3,(H2,21,25)(H,22,23). The minimum Gasteiger partial charge on any atom is -0.369 e. The number of rotatable bonds is 5. The maximum Gasteiger partial charge on any atom is 0.224 e. The fraction of sp³-hybridized carbons (Fsp3) is 0.579. The molecule has 0 aromatic heterocycles. The molecule has 1 aromatic carbocycles. The fourth-order valence-corrected chi connectivity index (χ4v) is 2.76.